The quantitative estimate of drug-likeness (QED) is 0.440. The molecule has 2 aromatic carbocycles. The Morgan fingerprint density at radius 3 is 2.77 bits per heavy atom. The van der Waals surface area contributed by atoms with Crippen LogP contribution in [0.15, 0.2) is 53.1 Å². The minimum atomic E-state index is -1.01. The van der Waals surface area contributed by atoms with Gasteiger partial charge >= 0.3 is 5.97 Å². The molecule has 0 saturated heterocycles. The number of carbonyl (C=O) groups is 1. The van der Waals surface area contributed by atoms with Crippen molar-refractivity contribution in [3.63, 3.8) is 0 Å². The molecular formula is C23H18N4O4. The third-order valence-corrected chi connectivity index (χ3v) is 4.44. The Morgan fingerprint density at radius 2 is 2.03 bits per heavy atom. The van der Waals surface area contributed by atoms with Crippen LogP contribution in [0.25, 0.3) is 39.8 Å². The van der Waals surface area contributed by atoms with Gasteiger partial charge in [0, 0.05) is 33.8 Å². The molecule has 0 atom stereocenters. The van der Waals surface area contributed by atoms with Gasteiger partial charge in [-0.1, -0.05) is 5.16 Å². The van der Waals surface area contributed by atoms with E-state index in [4.69, 9.17) is 14.4 Å². The van der Waals surface area contributed by atoms with Crippen LogP contribution in [-0.2, 0) is 4.79 Å². The Morgan fingerprint density at radius 1 is 1.23 bits per heavy atom. The SMILES string of the molecule is CC(C)Oc1ccc(-c2nc(-c3ccc4[nH]c(/C=C/C(=O)O)cc4c3)no2)cc1C#N. The van der Waals surface area contributed by atoms with Crippen LogP contribution in [0.3, 0.4) is 0 Å². The number of nitrogens with zero attached hydrogens (tertiary/aromatic N) is 3. The van der Waals surface area contributed by atoms with Crippen molar-refractivity contribution in [2.45, 2.75) is 20.0 Å². The van der Waals surface area contributed by atoms with Crippen LogP contribution in [0.2, 0.25) is 0 Å². The summed E-state index contributed by atoms with van der Waals surface area (Å²) >= 11 is 0. The number of carboxylic acid groups (broad SMARTS) is 1. The zero-order valence-corrected chi connectivity index (χ0v) is 16.8. The van der Waals surface area contributed by atoms with E-state index in [-0.39, 0.29) is 6.10 Å². The minimum absolute atomic E-state index is 0.0450. The second-order valence-corrected chi connectivity index (χ2v) is 7.11. The van der Waals surface area contributed by atoms with Crippen LogP contribution < -0.4 is 4.74 Å². The molecule has 2 aromatic heterocycles. The second-order valence-electron chi connectivity index (χ2n) is 7.11. The van der Waals surface area contributed by atoms with Gasteiger partial charge in [-0.05, 0) is 62.4 Å². The lowest BCUT2D eigenvalue weighted by Gasteiger charge is -2.11. The standard InChI is InChI=1S/C23H18N4O4/c1-13(2)30-20-7-4-15(10-17(20)12-24)23-26-22(27-31-23)14-3-6-19-16(9-14)11-18(25-19)5-8-21(28)29/h3-11,13,25H,1-2H3,(H,28,29)/b8-5+. The molecule has 4 aromatic rings. The summed E-state index contributed by atoms with van der Waals surface area (Å²) in [5.41, 5.74) is 3.29. The summed E-state index contributed by atoms with van der Waals surface area (Å²) < 4.78 is 11.1. The molecule has 0 amide bonds. The van der Waals surface area contributed by atoms with E-state index >= 15 is 0 Å². The molecule has 0 aliphatic rings. The number of hydrogen-bond donors (Lipinski definition) is 2. The topological polar surface area (TPSA) is 125 Å². The molecule has 0 radical (unpaired) electrons. The molecule has 4 rings (SSSR count). The monoisotopic (exact) mass is 414 g/mol. The first-order chi connectivity index (χ1) is 14.9. The lowest BCUT2D eigenvalue weighted by molar-refractivity contribution is -0.131. The number of rotatable bonds is 6. The Labute approximate surface area is 177 Å². The first-order valence-corrected chi connectivity index (χ1v) is 9.52. The van der Waals surface area contributed by atoms with E-state index in [2.05, 4.69) is 21.2 Å². The zero-order valence-electron chi connectivity index (χ0n) is 16.8. The molecule has 8 nitrogen and oxygen atoms in total. The van der Waals surface area contributed by atoms with Crippen LogP contribution in [0.5, 0.6) is 5.75 Å². The van der Waals surface area contributed by atoms with Gasteiger partial charge < -0.3 is 19.4 Å². The molecule has 8 heteroatoms. The van der Waals surface area contributed by atoms with Gasteiger partial charge in [-0.15, -0.1) is 0 Å². The number of fused-ring (bicyclic) bond motifs is 1. The number of benzene rings is 2. The van der Waals surface area contributed by atoms with Gasteiger partial charge in [-0.2, -0.15) is 10.2 Å². The largest absolute Gasteiger partial charge is 0.490 e. The molecule has 0 spiro atoms. The first kappa shape index (κ1) is 19.9. The maximum Gasteiger partial charge on any atom is 0.328 e. The van der Waals surface area contributed by atoms with E-state index < -0.39 is 5.97 Å². The van der Waals surface area contributed by atoms with Crippen LogP contribution in [0.1, 0.15) is 25.1 Å². The summed E-state index contributed by atoms with van der Waals surface area (Å²) in [6, 6.07) is 14.7. The zero-order chi connectivity index (χ0) is 22.0. The lowest BCUT2D eigenvalue weighted by Crippen LogP contribution is -2.06. The number of aliphatic carboxylic acids is 1. The average Bonchev–Trinajstić information content (AvgIpc) is 3.38. The molecule has 0 fully saturated rings. The summed E-state index contributed by atoms with van der Waals surface area (Å²) in [5, 5.41) is 23.1. The molecule has 0 aliphatic heterocycles. The van der Waals surface area contributed by atoms with Gasteiger partial charge in [0.25, 0.3) is 5.89 Å². The third kappa shape index (κ3) is 4.31. The summed E-state index contributed by atoms with van der Waals surface area (Å²) in [7, 11) is 0. The molecule has 2 N–H and O–H groups in total. The summed E-state index contributed by atoms with van der Waals surface area (Å²) in [6.07, 6.45) is 2.52. The number of hydrogen-bond acceptors (Lipinski definition) is 6. The highest BCUT2D eigenvalue weighted by atomic mass is 16.5. The van der Waals surface area contributed by atoms with Gasteiger partial charge in [-0.3, -0.25) is 0 Å². The average molecular weight is 414 g/mol. The molecular weight excluding hydrogens is 396 g/mol. The van der Waals surface area contributed by atoms with Gasteiger partial charge in [0.2, 0.25) is 5.82 Å². The Kier molecular flexibility index (Phi) is 5.24. The number of H-pyrrole nitrogens is 1. The molecule has 31 heavy (non-hydrogen) atoms. The van der Waals surface area contributed by atoms with Gasteiger partial charge in [0.1, 0.15) is 11.8 Å². The van der Waals surface area contributed by atoms with Crippen molar-refractivity contribution in [2.75, 3.05) is 0 Å². The van der Waals surface area contributed by atoms with Crippen molar-refractivity contribution in [1.29, 1.82) is 5.26 Å². The second kappa shape index (κ2) is 8.16. The number of carboxylic acids is 1. The minimum Gasteiger partial charge on any atom is -0.490 e. The highest BCUT2D eigenvalue weighted by Gasteiger charge is 2.14. The summed E-state index contributed by atoms with van der Waals surface area (Å²) in [6.45, 7) is 3.79. The van der Waals surface area contributed by atoms with Gasteiger partial charge in [0.05, 0.1) is 11.7 Å². The number of nitrogens with one attached hydrogen (secondary N) is 1. The molecule has 0 unspecified atom stereocenters. The summed E-state index contributed by atoms with van der Waals surface area (Å²) in [4.78, 5) is 18.3. The fraction of sp³-hybridized carbons (Fsp3) is 0.130. The van der Waals surface area contributed by atoms with Crippen LogP contribution >= 0.6 is 0 Å². The van der Waals surface area contributed by atoms with Crippen LogP contribution in [0.4, 0.5) is 0 Å². The molecule has 0 aliphatic carbocycles. The number of aromatic nitrogens is 3. The van der Waals surface area contributed by atoms with E-state index in [1.165, 1.54) is 6.08 Å². The Balaban J connectivity index is 1.63. The van der Waals surface area contributed by atoms with Crippen molar-refractivity contribution in [2.24, 2.45) is 0 Å². The lowest BCUT2D eigenvalue weighted by atomic mass is 10.1. The fourth-order valence-corrected chi connectivity index (χ4v) is 3.11. The molecule has 0 bridgehead atoms. The van der Waals surface area contributed by atoms with Crippen molar-refractivity contribution in [1.82, 2.24) is 15.1 Å². The summed E-state index contributed by atoms with van der Waals surface area (Å²) in [5.74, 6) is 0.192. The molecule has 2 heterocycles. The van der Waals surface area contributed by atoms with E-state index in [0.717, 1.165) is 22.5 Å². The Hall–Kier alpha value is -4.38. The van der Waals surface area contributed by atoms with Crippen LogP contribution in [-0.4, -0.2) is 32.3 Å². The van der Waals surface area contributed by atoms with Gasteiger partial charge in [-0.25, -0.2) is 4.79 Å². The van der Waals surface area contributed by atoms with E-state index in [0.29, 0.717) is 34.3 Å². The van der Waals surface area contributed by atoms with E-state index in [1.54, 1.807) is 18.2 Å². The van der Waals surface area contributed by atoms with Crippen molar-refractivity contribution in [3.8, 4) is 34.7 Å². The van der Waals surface area contributed by atoms with E-state index in [1.807, 2.05) is 38.1 Å². The van der Waals surface area contributed by atoms with Crippen LogP contribution in [0, 0.1) is 11.3 Å². The molecule has 154 valence electrons. The number of aromatic amines is 1. The first-order valence-electron chi connectivity index (χ1n) is 9.52. The highest BCUT2D eigenvalue weighted by molar-refractivity contribution is 5.89. The fourth-order valence-electron chi connectivity index (χ4n) is 3.11. The predicted octanol–water partition coefficient (Wildman–Crippen LogP) is 4.64. The highest BCUT2D eigenvalue weighted by Crippen LogP contribution is 2.29. The van der Waals surface area contributed by atoms with Crippen molar-refractivity contribution in [3.05, 3.63) is 59.8 Å². The van der Waals surface area contributed by atoms with Crippen molar-refractivity contribution < 1.29 is 19.2 Å². The Bertz CT molecular complexity index is 1340. The molecule has 0 saturated carbocycles. The van der Waals surface area contributed by atoms with Gasteiger partial charge in [0.15, 0.2) is 0 Å². The number of nitriles is 1. The smallest absolute Gasteiger partial charge is 0.328 e. The van der Waals surface area contributed by atoms with E-state index in [9.17, 15) is 10.1 Å². The van der Waals surface area contributed by atoms with Crippen molar-refractivity contribution >= 4 is 22.9 Å². The third-order valence-electron chi connectivity index (χ3n) is 4.44. The predicted molar refractivity (Wildman–Crippen MR) is 114 cm³/mol. The maximum atomic E-state index is 10.7. The maximum absolute atomic E-state index is 10.7. The number of ether oxygens (including phenoxy) is 1. The normalized spacial score (nSPS) is 11.3.